The average Bonchev–Trinajstić information content (AvgIpc) is 2.23. The molecule has 0 aromatic heterocycles. The Morgan fingerprint density at radius 3 is 2.81 bits per heavy atom. The van der Waals surface area contributed by atoms with Gasteiger partial charge in [0.05, 0.1) is 7.11 Å². The molecule has 3 heteroatoms. The Morgan fingerprint density at radius 2 is 2.19 bits per heavy atom. The molecule has 0 bridgehead atoms. The highest BCUT2D eigenvalue weighted by Gasteiger charge is 2.25. The van der Waals surface area contributed by atoms with Crippen molar-refractivity contribution in [1.82, 2.24) is 4.90 Å². The van der Waals surface area contributed by atoms with Gasteiger partial charge in [0.25, 0.3) is 0 Å². The van der Waals surface area contributed by atoms with E-state index in [2.05, 4.69) is 24.0 Å². The van der Waals surface area contributed by atoms with Gasteiger partial charge >= 0.3 is 0 Å². The van der Waals surface area contributed by atoms with Crippen molar-refractivity contribution < 1.29 is 4.74 Å². The Hall–Kier alpha value is -1.06. The summed E-state index contributed by atoms with van der Waals surface area (Å²) in [6, 6.07) is 6.33. The summed E-state index contributed by atoms with van der Waals surface area (Å²) in [5.41, 5.74) is 8.18. The van der Waals surface area contributed by atoms with Gasteiger partial charge in [-0.25, -0.2) is 0 Å². The number of methoxy groups -OCH3 is 1. The van der Waals surface area contributed by atoms with Gasteiger partial charge in [-0.3, -0.25) is 4.90 Å². The largest absolute Gasteiger partial charge is 0.496 e. The van der Waals surface area contributed by atoms with Crippen LogP contribution in [0.2, 0.25) is 0 Å². The first kappa shape index (κ1) is 11.4. The van der Waals surface area contributed by atoms with Gasteiger partial charge in [0.1, 0.15) is 5.75 Å². The molecule has 0 amide bonds. The lowest BCUT2D eigenvalue weighted by molar-refractivity contribution is 0.0969. The number of aryl methyl sites for hydroxylation is 1. The minimum Gasteiger partial charge on any atom is -0.496 e. The monoisotopic (exact) mass is 220 g/mol. The molecule has 2 N–H and O–H groups in total. The van der Waals surface area contributed by atoms with Crippen LogP contribution in [-0.4, -0.2) is 31.6 Å². The quantitative estimate of drug-likeness (QED) is 0.833. The van der Waals surface area contributed by atoms with Crippen molar-refractivity contribution in [2.24, 2.45) is 11.7 Å². The second kappa shape index (κ2) is 4.85. The summed E-state index contributed by atoms with van der Waals surface area (Å²) in [5, 5.41) is 0. The standard InChI is InChI=1S/C13H20N2O/c1-10-3-4-13(16-2)12(5-10)9-15-7-11(6-14)8-15/h3-5,11H,6-9,14H2,1-2H3. The van der Waals surface area contributed by atoms with E-state index in [0.29, 0.717) is 5.92 Å². The van der Waals surface area contributed by atoms with Crippen molar-refractivity contribution >= 4 is 0 Å². The van der Waals surface area contributed by atoms with Crippen molar-refractivity contribution in [2.45, 2.75) is 13.5 Å². The third-order valence-electron chi connectivity index (χ3n) is 3.20. The summed E-state index contributed by atoms with van der Waals surface area (Å²) in [4.78, 5) is 2.41. The predicted molar refractivity (Wildman–Crippen MR) is 65.6 cm³/mol. The van der Waals surface area contributed by atoms with E-state index in [9.17, 15) is 0 Å². The van der Waals surface area contributed by atoms with E-state index in [1.807, 2.05) is 6.07 Å². The molecule has 1 fully saturated rings. The summed E-state index contributed by atoms with van der Waals surface area (Å²) in [7, 11) is 1.73. The molecule has 16 heavy (non-hydrogen) atoms. The number of ether oxygens (including phenoxy) is 1. The predicted octanol–water partition coefficient (Wildman–Crippen LogP) is 1.39. The van der Waals surface area contributed by atoms with E-state index in [-0.39, 0.29) is 0 Å². The zero-order valence-corrected chi connectivity index (χ0v) is 10.1. The topological polar surface area (TPSA) is 38.5 Å². The molecule has 0 aliphatic carbocycles. The number of hydrogen-bond acceptors (Lipinski definition) is 3. The molecule has 1 aromatic rings. The first-order valence-electron chi connectivity index (χ1n) is 5.79. The van der Waals surface area contributed by atoms with Gasteiger partial charge < -0.3 is 10.5 Å². The minimum atomic E-state index is 0.691. The van der Waals surface area contributed by atoms with Crippen molar-refractivity contribution in [3.8, 4) is 5.75 Å². The summed E-state index contributed by atoms with van der Waals surface area (Å²) < 4.78 is 5.37. The molecule has 0 atom stereocenters. The van der Waals surface area contributed by atoms with E-state index in [4.69, 9.17) is 10.5 Å². The fourth-order valence-corrected chi connectivity index (χ4v) is 2.23. The van der Waals surface area contributed by atoms with Crippen LogP contribution in [0.5, 0.6) is 5.75 Å². The molecule has 0 radical (unpaired) electrons. The maximum atomic E-state index is 5.62. The summed E-state index contributed by atoms with van der Waals surface area (Å²) in [5.74, 6) is 1.68. The first-order chi connectivity index (χ1) is 7.72. The molecule has 1 aliphatic rings. The zero-order valence-electron chi connectivity index (χ0n) is 10.1. The Labute approximate surface area is 97.2 Å². The number of rotatable bonds is 4. The highest BCUT2D eigenvalue weighted by atomic mass is 16.5. The van der Waals surface area contributed by atoms with Crippen LogP contribution in [0.25, 0.3) is 0 Å². The van der Waals surface area contributed by atoms with E-state index in [1.54, 1.807) is 7.11 Å². The van der Waals surface area contributed by atoms with Gasteiger partial charge in [-0.2, -0.15) is 0 Å². The fourth-order valence-electron chi connectivity index (χ4n) is 2.23. The van der Waals surface area contributed by atoms with Crippen molar-refractivity contribution in [1.29, 1.82) is 0 Å². The van der Waals surface area contributed by atoms with Crippen LogP contribution in [-0.2, 0) is 6.54 Å². The Bertz CT molecular complexity index is 359. The average molecular weight is 220 g/mol. The van der Waals surface area contributed by atoms with Crippen LogP contribution < -0.4 is 10.5 Å². The lowest BCUT2D eigenvalue weighted by Crippen LogP contribution is -2.49. The van der Waals surface area contributed by atoms with Gasteiger partial charge in [0, 0.05) is 25.2 Å². The van der Waals surface area contributed by atoms with E-state index < -0.39 is 0 Å². The van der Waals surface area contributed by atoms with E-state index >= 15 is 0 Å². The van der Waals surface area contributed by atoms with Crippen LogP contribution in [0, 0.1) is 12.8 Å². The van der Waals surface area contributed by atoms with Crippen molar-refractivity contribution in [2.75, 3.05) is 26.7 Å². The van der Waals surface area contributed by atoms with Gasteiger partial charge in [-0.1, -0.05) is 17.7 Å². The normalized spacial score (nSPS) is 17.2. The smallest absolute Gasteiger partial charge is 0.123 e. The molecule has 3 nitrogen and oxygen atoms in total. The van der Waals surface area contributed by atoms with E-state index in [1.165, 1.54) is 11.1 Å². The summed E-state index contributed by atoms with van der Waals surface area (Å²) in [6.45, 7) is 6.13. The second-order valence-corrected chi connectivity index (χ2v) is 4.61. The number of nitrogens with zero attached hydrogens (tertiary/aromatic N) is 1. The SMILES string of the molecule is COc1ccc(C)cc1CN1CC(CN)C1. The molecule has 1 aliphatic heterocycles. The van der Waals surface area contributed by atoms with Crippen LogP contribution in [0.15, 0.2) is 18.2 Å². The molecule has 0 saturated carbocycles. The third-order valence-corrected chi connectivity index (χ3v) is 3.20. The molecular weight excluding hydrogens is 200 g/mol. The van der Waals surface area contributed by atoms with Crippen molar-refractivity contribution in [3.63, 3.8) is 0 Å². The number of nitrogens with two attached hydrogens (primary N) is 1. The summed E-state index contributed by atoms with van der Waals surface area (Å²) in [6.07, 6.45) is 0. The van der Waals surface area contributed by atoms with Crippen LogP contribution in [0.1, 0.15) is 11.1 Å². The molecular formula is C13H20N2O. The van der Waals surface area contributed by atoms with Gasteiger partial charge in [-0.15, -0.1) is 0 Å². The highest BCUT2D eigenvalue weighted by Crippen LogP contribution is 2.24. The summed E-state index contributed by atoms with van der Waals surface area (Å²) >= 11 is 0. The minimum absolute atomic E-state index is 0.691. The van der Waals surface area contributed by atoms with Gasteiger partial charge in [0.2, 0.25) is 0 Å². The Morgan fingerprint density at radius 1 is 1.44 bits per heavy atom. The van der Waals surface area contributed by atoms with Crippen LogP contribution in [0.4, 0.5) is 0 Å². The molecule has 1 aromatic carbocycles. The molecule has 2 rings (SSSR count). The van der Waals surface area contributed by atoms with Gasteiger partial charge in [0.15, 0.2) is 0 Å². The maximum Gasteiger partial charge on any atom is 0.123 e. The first-order valence-corrected chi connectivity index (χ1v) is 5.79. The maximum absolute atomic E-state index is 5.62. The van der Waals surface area contributed by atoms with Crippen LogP contribution >= 0.6 is 0 Å². The van der Waals surface area contributed by atoms with Crippen molar-refractivity contribution in [3.05, 3.63) is 29.3 Å². The second-order valence-electron chi connectivity index (χ2n) is 4.61. The molecule has 1 saturated heterocycles. The molecule has 88 valence electrons. The number of benzene rings is 1. The number of likely N-dealkylation sites (tertiary alicyclic amines) is 1. The zero-order chi connectivity index (χ0) is 11.5. The third kappa shape index (κ3) is 2.36. The van der Waals surface area contributed by atoms with Crippen LogP contribution in [0.3, 0.4) is 0 Å². The fraction of sp³-hybridized carbons (Fsp3) is 0.538. The molecule has 0 unspecified atom stereocenters. The van der Waals surface area contributed by atoms with Gasteiger partial charge in [-0.05, 0) is 25.5 Å². The molecule has 0 spiro atoms. The Kier molecular flexibility index (Phi) is 3.46. The molecule has 1 heterocycles. The lowest BCUT2D eigenvalue weighted by atomic mass is 9.99. The number of hydrogen-bond donors (Lipinski definition) is 1. The lowest BCUT2D eigenvalue weighted by Gasteiger charge is -2.38. The van der Waals surface area contributed by atoms with E-state index in [0.717, 1.165) is 31.9 Å². The Balaban J connectivity index is 2.01. The highest BCUT2D eigenvalue weighted by molar-refractivity contribution is 5.36.